The van der Waals surface area contributed by atoms with Crippen LogP contribution in [0.1, 0.15) is 34.1 Å². The number of aryl methyl sites for hydroxylation is 2. The Morgan fingerprint density at radius 3 is 2.45 bits per heavy atom. The van der Waals surface area contributed by atoms with Crippen molar-refractivity contribution in [1.82, 2.24) is 14.8 Å². The molecule has 7 heteroatoms. The first kappa shape index (κ1) is 14.5. The van der Waals surface area contributed by atoms with Gasteiger partial charge in [-0.1, -0.05) is 0 Å². The number of aromatic nitrogens is 3. The highest BCUT2D eigenvalue weighted by atomic mass is 19.4. The average Bonchev–Trinajstić information content (AvgIpc) is 2.61. The minimum atomic E-state index is -4.46. The van der Waals surface area contributed by atoms with Crippen molar-refractivity contribution in [3.63, 3.8) is 0 Å². The molecule has 20 heavy (non-hydrogen) atoms. The lowest BCUT2D eigenvalue weighted by molar-refractivity contribution is -0.138. The topological polar surface area (TPSA) is 56.7 Å². The van der Waals surface area contributed by atoms with Crippen LogP contribution in [-0.4, -0.2) is 14.8 Å². The molecule has 0 aliphatic heterocycles. The molecule has 0 radical (unpaired) electrons. The summed E-state index contributed by atoms with van der Waals surface area (Å²) in [5.41, 5.74) is 7.20. The summed E-state index contributed by atoms with van der Waals surface area (Å²) in [6.45, 7) is 3.50. The molecular weight excluding hydrogens is 269 g/mol. The van der Waals surface area contributed by atoms with E-state index in [1.54, 1.807) is 25.6 Å². The first-order chi connectivity index (χ1) is 9.23. The second-order valence-corrected chi connectivity index (χ2v) is 4.65. The monoisotopic (exact) mass is 284 g/mol. The minimum Gasteiger partial charge on any atom is -0.320 e. The Labute approximate surface area is 114 Å². The molecule has 0 aromatic carbocycles. The van der Waals surface area contributed by atoms with Crippen LogP contribution in [0.4, 0.5) is 13.2 Å². The normalized spacial score (nSPS) is 13.6. The Balaban J connectivity index is 2.57. The maximum atomic E-state index is 13.0. The fourth-order valence-electron chi connectivity index (χ4n) is 2.31. The number of nitrogens with two attached hydrogens (primary N) is 1. The predicted octanol–water partition coefficient (Wildman–Crippen LogP) is 2.50. The van der Waals surface area contributed by atoms with Crippen LogP contribution >= 0.6 is 0 Å². The SMILES string of the molecule is Cc1nn(C)c(C)c1C(N)c1cnccc1C(F)(F)F. The molecule has 2 aromatic rings. The lowest BCUT2D eigenvalue weighted by atomic mass is 9.95. The Bertz CT molecular complexity index is 631. The van der Waals surface area contributed by atoms with Crippen LogP contribution in [0, 0.1) is 13.8 Å². The Morgan fingerprint density at radius 1 is 1.30 bits per heavy atom. The van der Waals surface area contributed by atoms with E-state index in [-0.39, 0.29) is 5.56 Å². The maximum absolute atomic E-state index is 13.0. The number of halogens is 3. The van der Waals surface area contributed by atoms with Crippen molar-refractivity contribution in [2.45, 2.75) is 26.1 Å². The molecule has 0 bridgehead atoms. The highest BCUT2D eigenvalue weighted by Crippen LogP contribution is 2.36. The third-order valence-corrected chi connectivity index (χ3v) is 3.37. The molecule has 0 amide bonds. The molecule has 0 saturated heterocycles. The molecule has 2 heterocycles. The van der Waals surface area contributed by atoms with E-state index in [2.05, 4.69) is 10.1 Å². The second kappa shape index (κ2) is 4.90. The number of rotatable bonds is 2. The van der Waals surface area contributed by atoms with Gasteiger partial charge in [0.1, 0.15) is 0 Å². The Hall–Kier alpha value is -1.89. The fourth-order valence-corrected chi connectivity index (χ4v) is 2.31. The zero-order chi connectivity index (χ0) is 15.1. The first-order valence-electron chi connectivity index (χ1n) is 6.00. The highest BCUT2D eigenvalue weighted by Gasteiger charge is 2.35. The largest absolute Gasteiger partial charge is 0.416 e. The van der Waals surface area contributed by atoms with Crippen molar-refractivity contribution < 1.29 is 13.2 Å². The summed E-state index contributed by atoms with van der Waals surface area (Å²) >= 11 is 0. The standard InChI is InChI=1S/C13H15F3N4/c1-7-11(8(2)20(3)19-7)12(17)9-6-18-5-4-10(9)13(14,15)16/h4-6,12H,17H2,1-3H3. The van der Waals surface area contributed by atoms with Crippen molar-refractivity contribution >= 4 is 0 Å². The maximum Gasteiger partial charge on any atom is 0.416 e. The highest BCUT2D eigenvalue weighted by molar-refractivity contribution is 5.40. The van der Waals surface area contributed by atoms with Crippen molar-refractivity contribution in [3.8, 4) is 0 Å². The number of hydrogen-bond donors (Lipinski definition) is 1. The van der Waals surface area contributed by atoms with E-state index in [9.17, 15) is 13.2 Å². The molecule has 1 unspecified atom stereocenters. The van der Waals surface area contributed by atoms with Gasteiger partial charge in [-0.3, -0.25) is 9.67 Å². The van der Waals surface area contributed by atoms with Gasteiger partial charge in [0.05, 0.1) is 17.3 Å². The minimum absolute atomic E-state index is 0.0424. The van der Waals surface area contributed by atoms with E-state index < -0.39 is 17.8 Å². The average molecular weight is 284 g/mol. The number of hydrogen-bond acceptors (Lipinski definition) is 3. The summed E-state index contributed by atoms with van der Waals surface area (Å²) in [7, 11) is 1.73. The molecule has 4 nitrogen and oxygen atoms in total. The van der Waals surface area contributed by atoms with Gasteiger partial charge < -0.3 is 5.73 Å². The van der Waals surface area contributed by atoms with Crippen molar-refractivity contribution in [2.24, 2.45) is 12.8 Å². The predicted molar refractivity (Wildman–Crippen MR) is 68.0 cm³/mol. The van der Waals surface area contributed by atoms with E-state index in [0.717, 1.165) is 18.0 Å². The summed E-state index contributed by atoms with van der Waals surface area (Å²) in [5.74, 6) is 0. The lowest BCUT2D eigenvalue weighted by Crippen LogP contribution is -2.20. The molecule has 2 N–H and O–H groups in total. The molecular formula is C13H15F3N4. The number of nitrogens with zero attached hydrogens (tertiary/aromatic N) is 3. The van der Waals surface area contributed by atoms with Gasteiger partial charge in [-0.2, -0.15) is 18.3 Å². The summed E-state index contributed by atoms with van der Waals surface area (Å²) in [4.78, 5) is 3.76. The molecule has 0 fully saturated rings. The van der Waals surface area contributed by atoms with Crippen molar-refractivity contribution in [3.05, 3.63) is 46.5 Å². The first-order valence-corrected chi connectivity index (χ1v) is 6.00. The second-order valence-electron chi connectivity index (χ2n) is 4.65. The van der Waals surface area contributed by atoms with Gasteiger partial charge in [-0.05, 0) is 19.9 Å². The van der Waals surface area contributed by atoms with Crippen LogP contribution in [-0.2, 0) is 13.2 Å². The van der Waals surface area contributed by atoms with Crippen LogP contribution in [0.25, 0.3) is 0 Å². The molecule has 2 rings (SSSR count). The van der Waals surface area contributed by atoms with Crippen molar-refractivity contribution in [2.75, 3.05) is 0 Å². The zero-order valence-corrected chi connectivity index (χ0v) is 11.4. The van der Waals surface area contributed by atoms with Gasteiger partial charge in [0.15, 0.2) is 0 Å². The van der Waals surface area contributed by atoms with Gasteiger partial charge >= 0.3 is 6.18 Å². The van der Waals surface area contributed by atoms with Crippen LogP contribution in [0.2, 0.25) is 0 Å². The third kappa shape index (κ3) is 2.40. The molecule has 1 atom stereocenters. The summed E-state index contributed by atoms with van der Waals surface area (Å²) in [6, 6.07) is 0.0324. The van der Waals surface area contributed by atoms with E-state index in [0.29, 0.717) is 11.3 Å². The van der Waals surface area contributed by atoms with E-state index in [1.807, 2.05) is 0 Å². The van der Waals surface area contributed by atoms with Gasteiger partial charge in [0.2, 0.25) is 0 Å². The van der Waals surface area contributed by atoms with E-state index in [4.69, 9.17) is 5.73 Å². The van der Waals surface area contributed by atoms with Crippen LogP contribution < -0.4 is 5.73 Å². The van der Waals surface area contributed by atoms with Crippen LogP contribution in [0.15, 0.2) is 18.5 Å². The van der Waals surface area contributed by atoms with Gasteiger partial charge in [-0.25, -0.2) is 0 Å². The van der Waals surface area contributed by atoms with Crippen molar-refractivity contribution in [1.29, 1.82) is 0 Å². The zero-order valence-electron chi connectivity index (χ0n) is 11.4. The molecule has 2 aromatic heterocycles. The quantitative estimate of drug-likeness (QED) is 0.921. The van der Waals surface area contributed by atoms with Gasteiger partial charge in [0, 0.05) is 36.3 Å². The molecule has 0 spiro atoms. The lowest BCUT2D eigenvalue weighted by Gasteiger charge is -2.18. The molecule has 0 aliphatic carbocycles. The summed E-state index contributed by atoms with van der Waals surface area (Å²) in [6.07, 6.45) is -2.18. The van der Waals surface area contributed by atoms with Crippen LogP contribution in [0.3, 0.4) is 0 Å². The number of pyridine rings is 1. The van der Waals surface area contributed by atoms with Gasteiger partial charge in [0.25, 0.3) is 0 Å². The smallest absolute Gasteiger partial charge is 0.320 e. The van der Waals surface area contributed by atoms with E-state index >= 15 is 0 Å². The summed E-state index contributed by atoms with van der Waals surface area (Å²) < 4.78 is 40.7. The van der Waals surface area contributed by atoms with Crippen LogP contribution in [0.5, 0.6) is 0 Å². The third-order valence-electron chi connectivity index (χ3n) is 3.37. The summed E-state index contributed by atoms with van der Waals surface area (Å²) in [5, 5.41) is 4.18. The number of alkyl halides is 3. The fraction of sp³-hybridized carbons (Fsp3) is 0.385. The molecule has 0 saturated carbocycles. The molecule has 108 valence electrons. The molecule has 0 aliphatic rings. The Kier molecular flexibility index (Phi) is 3.56. The Morgan fingerprint density at radius 2 is 1.95 bits per heavy atom. The van der Waals surface area contributed by atoms with Gasteiger partial charge in [-0.15, -0.1) is 0 Å². The van der Waals surface area contributed by atoms with E-state index in [1.165, 1.54) is 6.20 Å².